The Morgan fingerprint density at radius 2 is 1.95 bits per heavy atom. The van der Waals surface area contributed by atoms with Gasteiger partial charge in [-0.15, -0.1) is 0 Å². The Bertz CT molecular complexity index is 427. The molecule has 1 N–H and O–H groups in total. The highest BCUT2D eigenvalue weighted by Crippen LogP contribution is 2.36. The van der Waals surface area contributed by atoms with E-state index < -0.39 is 11.7 Å². The molecular weight excluding hydrogens is 253 g/mol. The van der Waals surface area contributed by atoms with E-state index in [2.05, 4.69) is 10.2 Å². The van der Waals surface area contributed by atoms with E-state index in [1.54, 1.807) is 12.1 Å². The van der Waals surface area contributed by atoms with Crippen LogP contribution in [0, 0.1) is 0 Å². The Kier molecular flexibility index (Phi) is 4.16. The Balaban J connectivity index is 2.29. The zero-order chi connectivity index (χ0) is 14.0. The van der Waals surface area contributed by atoms with Gasteiger partial charge in [-0.3, -0.25) is 4.90 Å². The molecule has 0 amide bonds. The summed E-state index contributed by atoms with van der Waals surface area (Å²) in [4.78, 5) is 2.13. The largest absolute Gasteiger partial charge is 0.416 e. The molecule has 0 aromatic heterocycles. The third-order valence-electron chi connectivity index (χ3n) is 3.81. The molecule has 0 bridgehead atoms. The van der Waals surface area contributed by atoms with Crippen molar-refractivity contribution in [3.63, 3.8) is 0 Å². The maximum atomic E-state index is 13.0. The Hall–Kier alpha value is -1.07. The number of hydrogen-bond acceptors (Lipinski definition) is 2. The van der Waals surface area contributed by atoms with Gasteiger partial charge in [0, 0.05) is 25.2 Å². The molecule has 0 aliphatic carbocycles. The first-order valence-corrected chi connectivity index (χ1v) is 6.57. The topological polar surface area (TPSA) is 15.3 Å². The van der Waals surface area contributed by atoms with Crippen LogP contribution >= 0.6 is 0 Å². The van der Waals surface area contributed by atoms with Gasteiger partial charge in [-0.1, -0.05) is 25.1 Å². The van der Waals surface area contributed by atoms with Crippen LogP contribution in [0.1, 0.15) is 31.0 Å². The van der Waals surface area contributed by atoms with Gasteiger partial charge in [0.15, 0.2) is 0 Å². The summed E-state index contributed by atoms with van der Waals surface area (Å²) in [5, 5.41) is 3.16. The van der Waals surface area contributed by atoms with Gasteiger partial charge in [0.05, 0.1) is 5.56 Å². The quantitative estimate of drug-likeness (QED) is 0.906. The first-order chi connectivity index (χ1) is 8.95. The summed E-state index contributed by atoms with van der Waals surface area (Å²) in [5.41, 5.74) is -0.156. The van der Waals surface area contributed by atoms with Gasteiger partial charge >= 0.3 is 6.18 Å². The van der Waals surface area contributed by atoms with Crippen LogP contribution in [-0.4, -0.2) is 30.6 Å². The number of rotatable bonds is 4. The van der Waals surface area contributed by atoms with Crippen LogP contribution in [0.4, 0.5) is 13.2 Å². The molecule has 0 radical (unpaired) electrons. The number of nitrogens with one attached hydrogen (secondary N) is 1. The number of nitrogens with zero attached hydrogens (tertiary/aromatic N) is 1. The summed E-state index contributed by atoms with van der Waals surface area (Å²) in [6.07, 6.45) is -4.29. The van der Waals surface area contributed by atoms with Crippen LogP contribution in [0.2, 0.25) is 0 Å². The van der Waals surface area contributed by atoms with Gasteiger partial charge < -0.3 is 5.32 Å². The van der Waals surface area contributed by atoms with E-state index in [9.17, 15) is 13.2 Å². The molecule has 1 aliphatic heterocycles. The summed E-state index contributed by atoms with van der Waals surface area (Å²) in [5.74, 6) is 0. The maximum absolute atomic E-state index is 13.0. The van der Waals surface area contributed by atoms with Gasteiger partial charge in [0.1, 0.15) is 0 Å². The summed E-state index contributed by atoms with van der Waals surface area (Å²) >= 11 is 0. The number of halogens is 3. The molecule has 1 heterocycles. The van der Waals surface area contributed by atoms with Gasteiger partial charge in [0.2, 0.25) is 0 Å². The average molecular weight is 272 g/mol. The SMILES string of the molecule is CCN(C1CNC1)C(C)c1ccccc1C(F)(F)F. The van der Waals surface area contributed by atoms with Crippen molar-refractivity contribution in [3.8, 4) is 0 Å². The standard InChI is InChI=1S/C14H19F3N2/c1-3-19(11-8-18-9-11)10(2)12-6-4-5-7-13(12)14(15,16)17/h4-7,10-11,18H,3,8-9H2,1-2H3. The minimum atomic E-state index is -4.29. The van der Waals surface area contributed by atoms with Gasteiger partial charge in [-0.05, 0) is 25.1 Å². The fourth-order valence-electron chi connectivity index (χ4n) is 2.65. The molecule has 0 saturated carbocycles. The van der Waals surface area contributed by atoms with Crippen molar-refractivity contribution in [1.29, 1.82) is 0 Å². The second-order valence-corrected chi connectivity index (χ2v) is 4.90. The van der Waals surface area contributed by atoms with Crippen molar-refractivity contribution < 1.29 is 13.2 Å². The minimum absolute atomic E-state index is 0.227. The second kappa shape index (κ2) is 5.51. The first kappa shape index (κ1) is 14.3. The van der Waals surface area contributed by atoms with E-state index in [-0.39, 0.29) is 6.04 Å². The zero-order valence-electron chi connectivity index (χ0n) is 11.2. The third kappa shape index (κ3) is 2.92. The Labute approximate surface area is 111 Å². The summed E-state index contributed by atoms with van der Waals surface area (Å²) in [6.45, 7) is 6.30. The van der Waals surface area contributed by atoms with Crippen molar-refractivity contribution in [1.82, 2.24) is 10.2 Å². The molecule has 2 rings (SSSR count). The molecule has 1 aromatic carbocycles. The van der Waals surface area contributed by atoms with Crippen molar-refractivity contribution >= 4 is 0 Å². The Morgan fingerprint density at radius 3 is 2.42 bits per heavy atom. The van der Waals surface area contributed by atoms with E-state index in [1.165, 1.54) is 12.1 Å². The smallest absolute Gasteiger partial charge is 0.314 e. The molecule has 1 saturated heterocycles. The number of alkyl halides is 3. The lowest BCUT2D eigenvalue weighted by Crippen LogP contribution is -2.57. The van der Waals surface area contributed by atoms with E-state index in [4.69, 9.17) is 0 Å². The van der Waals surface area contributed by atoms with Gasteiger partial charge in [0.25, 0.3) is 0 Å². The van der Waals surface area contributed by atoms with Crippen LogP contribution in [-0.2, 0) is 6.18 Å². The normalized spacial score (nSPS) is 18.4. The van der Waals surface area contributed by atoms with Crippen molar-refractivity contribution in [3.05, 3.63) is 35.4 Å². The highest BCUT2D eigenvalue weighted by molar-refractivity contribution is 5.32. The minimum Gasteiger partial charge on any atom is -0.314 e. The highest BCUT2D eigenvalue weighted by atomic mass is 19.4. The lowest BCUT2D eigenvalue weighted by molar-refractivity contribution is -0.138. The predicted octanol–water partition coefficient (Wildman–Crippen LogP) is 3.06. The molecule has 2 nitrogen and oxygen atoms in total. The molecule has 0 spiro atoms. The fraction of sp³-hybridized carbons (Fsp3) is 0.571. The molecule has 1 unspecified atom stereocenters. The van der Waals surface area contributed by atoms with Crippen LogP contribution in [0.25, 0.3) is 0 Å². The summed E-state index contributed by atoms with van der Waals surface area (Å²) in [7, 11) is 0. The monoisotopic (exact) mass is 272 g/mol. The molecule has 1 atom stereocenters. The van der Waals surface area contributed by atoms with Crippen molar-refractivity contribution in [2.75, 3.05) is 19.6 Å². The zero-order valence-corrected chi connectivity index (χ0v) is 11.2. The van der Waals surface area contributed by atoms with Gasteiger partial charge in [-0.25, -0.2) is 0 Å². The van der Waals surface area contributed by atoms with E-state index in [1.807, 2.05) is 13.8 Å². The van der Waals surface area contributed by atoms with Crippen LogP contribution < -0.4 is 5.32 Å². The molecule has 1 aliphatic rings. The van der Waals surface area contributed by atoms with E-state index in [0.717, 1.165) is 19.6 Å². The third-order valence-corrected chi connectivity index (χ3v) is 3.81. The van der Waals surface area contributed by atoms with E-state index in [0.29, 0.717) is 11.6 Å². The predicted molar refractivity (Wildman–Crippen MR) is 68.9 cm³/mol. The fourth-order valence-corrected chi connectivity index (χ4v) is 2.65. The number of likely N-dealkylation sites (N-methyl/N-ethyl adjacent to an activating group) is 1. The molecule has 1 fully saturated rings. The molecule has 19 heavy (non-hydrogen) atoms. The molecule has 1 aromatic rings. The van der Waals surface area contributed by atoms with Crippen LogP contribution in [0.15, 0.2) is 24.3 Å². The van der Waals surface area contributed by atoms with Crippen molar-refractivity contribution in [2.24, 2.45) is 0 Å². The Morgan fingerprint density at radius 1 is 1.32 bits per heavy atom. The number of benzene rings is 1. The lowest BCUT2D eigenvalue weighted by atomic mass is 9.97. The maximum Gasteiger partial charge on any atom is 0.416 e. The summed E-state index contributed by atoms with van der Waals surface area (Å²) < 4.78 is 39.1. The second-order valence-electron chi connectivity index (χ2n) is 4.90. The molecule has 5 heteroatoms. The average Bonchev–Trinajstić information content (AvgIpc) is 2.31. The molecular formula is C14H19F3N2. The van der Waals surface area contributed by atoms with Gasteiger partial charge in [-0.2, -0.15) is 13.2 Å². The lowest BCUT2D eigenvalue weighted by Gasteiger charge is -2.42. The highest BCUT2D eigenvalue weighted by Gasteiger charge is 2.36. The van der Waals surface area contributed by atoms with Crippen molar-refractivity contribution in [2.45, 2.75) is 32.1 Å². The van der Waals surface area contributed by atoms with E-state index >= 15 is 0 Å². The molecule has 106 valence electrons. The first-order valence-electron chi connectivity index (χ1n) is 6.57. The van der Waals surface area contributed by atoms with Crippen LogP contribution in [0.3, 0.4) is 0 Å². The van der Waals surface area contributed by atoms with Crippen LogP contribution in [0.5, 0.6) is 0 Å². The number of hydrogen-bond donors (Lipinski definition) is 1. The summed E-state index contributed by atoms with van der Waals surface area (Å²) in [6, 6.07) is 5.98.